The van der Waals surface area contributed by atoms with Gasteiger partial charge in [0.05, 0.1) is 16.0 Å². The van der Waals surface area contributed by atoms with Crippen molar-refractivity contribution in [2.24, 2.45) is 0 Å². The van der Waals surface area contributed by atoms with E-state index >= 15 is 0 Å². The molecular weight excluding hydrogens is 414 g/mol. The number of benzene rings is 2. The summed E-state index contributed by atoms with van der Waals surface area (Å²) in [6.45, 7) is 3.37. The van der Waals surface area contributed by atoms with Crippen LogP contribution < -0.4 is 15.0 Å². The summed E-state index contributed by atoms with van der Waals surface area (Å²) in [7, 11) is 0. The van der Waals surface area contributed by atoms with Crippen LogP contribution in [0.1, 0.15) is 15.9 Å². The molecule has 1 fully saturated rings. The lowest BCUT2D eigenvalue weighted by Gasteiger charge is -2.28. The van der Waals surface area contributed by atoms with Crippen molar-refractivity contribution < 1.29 is 9.53 Å². The first kappa shape index (κ1) is 19.5. The highest BCUT2D eigenvalue weighted by Crippen LogP contribution is 2.32. The second-order valence-corrected chi connectivity index (χ2v) is 7.65. The lowest BCUT2D eigenvalue weighted by atomic mass is 10.0. The van der Waals surface area contributed by atoms with Crippen LogP contribution in [0.25, 0.3) is 11.0 Å². The van der Waals surface area contributed by atoms with Crippen molar-refractivity contribution in [2.45, 2.75) is 0 Å². The van der Waals surface area contributed by atoms with E-state index < -0.39 is 0 Å². The fourth-order valence-electron chi connectivity index (χ4n) is 3.76. The molecule has 0 saturated carbocycles. The predicted octanol–water partition coefficient (Wildman–Crippen LogP) is 4.04. The number of aromatic nitrogens is 3. The van der Waals surface area contributed by atoms with E-state index in [-0.39, 0.29) is 5.78 Å². The Morgan fingerprint density at radius 3 is 2.58 bits per heavy atom. The molecule has 2 aromatic heterocycles. The number of ketones is 1. The van der Waals surface area contributed by atoms with Crippen molar-refractivity contribution in [1.29, 1.82) is 0 Å². The van der Waals surface area contributed by atoms with Gasteiger partial charge in [-0.25, -0.2) is 9.97 Å². The molecule has 31 heavy (non-hydrogen) atoms. The minimum Gasteiger partial charge on any atom is -0.457 e. The number of H-pyrrole nitrogens is 1. The zero-order valence-corrected chi connectivity index (χ0v) is 17.4. The minimum atomic E-state index is -0.186. The Bertz CT molecular complexity index is 1240. The SMILES string of the molecule is O=C(c1ccc(Oc2ccccc2)cc1Cl)c1c[nH]c2ncnc(N3CCNCC3)c12. The standard InChI is InChI=1S/C23H20ClN5O2/c24-19-12-16(31-15-4-2-1-3-5-15)6-7-17(19)21(30)18-13-26-22-20(18)23(28-14-27-22)29-10-8-25-9-11-29/h1-7,12-14,25H,8-11H2,(H,26,27,28). The van der Waals surface area contributed by atoms with Gasteiger partial charge in [0, 0.05) is 44.0 Å². The van der Waals surface area contributed by atoms with Crippen LogP contribution in [0.2, 0.25) is 5.02 Å². The summed E-state index contributed by atoms with van der Waals surface area (Å²) in [6.07, 6.45) is 3.20. The predicted molar refractivity (Wildman–Crippen MR) is 120 cm³/mol. The van der Waals surface area contributed by atoms with Gasteiger partial charge in [0.25, 0.3) is 0 Å². The first-order valence-corrected chi connectivity index (χ1v) is 10.4. The van der Waals surface area contributed by atoms with Crippen molar-refractivity contribution in [3.63, 3.8) is 0 Å². The Kier molecular flexibility index (Phi) is 5.28. The van der Waals surface area contributed by atoms with Gasteiger partial charge in [-0.2, -0.15) is 0 Å². The Balaban J connectivity index is 1.49. The number of aromatic amines is 1. The van der Waals surface area contributed by atoms with Crippen LogP contribution in [0.15, 0.2) is 61.1 Å². The summed E-state index contributed by atoms with van der Waals surface area (Å²) in [6, 6.07) is 14.5. The fraction of sp³-hybridized carbons (Fsp3) is 0.174. The van der Waals surface area contributed by atoms with Crippen LogP contribution in [-0.4, -0.2) is 46.9 Å². The molecule has 0 bridgehead atoms. The van der Waals surface area contributed by atoms with Crippen LogP contribution in [0.5, 0.6) is 11.5 Å². The molecule has 2 aromatic carbocycles. The van der Waals surface area contributed by atoms with Crippen molar-refractivity contribution >= 4 is 34.2 Å². The smallest absolute Gasteiger partial charge is 0.196 e. The molecule has 156 valence electrons. The van der Waals surface area contributed by atoms with Crippen LogP contribution >= 0.6 is 11.6 Å². The number of piperazine rings is 1. The van der Waals surface area contributed by atoms with E-state index in [1.54, 1.807) is 24.4 Å². The van der Waals surface area contributed by atoms with E-state index in [0.717, 1.165) is 37.4 Å². The number of fused-ring (bicyclic) bond motifs is 1. The largest absolute Gasteiger partial charge is 0.457 e. The number of nitrogens with zero attached hydrogens (tertiary/aromatic N) is 3. The van der Waals surface area contributed by atoms with Crippen molar-refractivity contribution in [1.82, 2.24) is 20.3 Å². The molecule has 0 atom stereocenters. The monoisotopic (exact) mass is 433 g/mol. The molecule has 0 amide bonds. The summed E-state index contributed by atoms with van der Waals surface area (Å²) in [5.41, 5.74) is 1.54. The third-order valence-corrected chi connectivity index (χ3v) is 5.59. The summed E-state index contributed by atoms with van der Waals surface area (Å²) < 4.78 is 5.82. The molecule has 0 aliphatic carbocycles. The maximum absolute atomic E-state index is 13.4. The van der Waals surface area contributed by atoms with Crippen LogP contribution in [0.4, 0.5) is 5.82 Å². The molecule has 7 nitrogen and oxygen atoms in total. The Labute approximate surface area is 184 Å². The van der Waals surface area contributed by atoms with Gasteiger partial charge < -0.3 is 19.9 Å². The van der Waals surface area contributed by atoms with Crippen LogP contribution in [0, 0.1) is 0 Å². The summed E-state index contributed by atoms with van der Waals surface area (Å²) >= 11 is 6.49. The van der Waals surface area contributed by atoms with E-state index in [0.29, 0.717) is 33.3 Å². The maximum Gasteiger partial charge on any atom is 0.196 e. The maximum atomic E-state index is 13.4. The highest BCUT2D eigenvalue weighted by Gasteiger charge is 2.23. The number of halogens is 1. The Morgan fingerprint density at radius 1 is 1.00 bits per heavy atom. The van der Waals surface area contributed by atoms with E-state index in [1.165, 1.54) is 6.33 Å². The van der Waals surface area contributed by atoms with Gasteiger partial charge in [-0.15, -0.1) is 0 Å². The van der Waals surface area contributed by atoms with Crippen LogP contribution in [-0.2, 0) is 0 Å². The number of para-hydroxylation sites is 1. The highest BCUT2D eigenvalue weighted by molar-refractivity contribution is 6.35. The van der Waals surface area contributed by atoms with Gasteiger partial charge in [-0.3, -0.25) is 4.79 Å². The number of hydrogen-bond donors (Lipinski definition) is 2. The normalized spacial score (nSPS) is 14.0. The third-order valence-electron chi connectivity index (χ3n) is 5.28. The lowest BCUT2D eigenvalue weighted by Crippen LogP contribution is -2.44. The molecule has 1 aliphatic heterocycles. The molecule has 3 heterocycles. The van der Waals surface area contributed by atoms with E-state index in [1.807, 2.05) is 30.3 Å². The molecule has 1 aliphatic rings. The number of anilines is 1. The fourth-order valence-corrected chi connectivity index (χ4v) is 4.01. The molecule has 8 heteroatoms. The zero-order valence-electron chi connectivity index (χ0n) is 16.6. The van der Waals surface area contributed by atoms with E-state index in [2.05, 4.69) is 25.2 Å². The Hall–Kier alpha value is -3.42. The van der Waals surface area contributed by atoms with Crippen molar-refractivity contribution in [3.8, 4) is 11.5 Å². The van der Waals surface area contributed by atoms with E-state index in [9.17, 15) is 4.79 Å². The van der Waals surface area contributed by atoms with E-state index in [4.69, 9.17) is 16.3 Å². The Morgan fingerprint density at radius 2 is 1.81 bits per heavy atom. The second-order valence-electron chi connectivity index (χ2n) is 7.25. The first-order valence-electron chi connectivity index (χ1n) is 10.1. The number of carbonyl (C=O) groups excluding carboxylic acids is 1. The third kappa shape index (κ3) is 3.85. The number of carbonyl (C=O) groups is 1. The number of hydrogen-bond acceptors (Lipinski definition) is 6. The molecule has 1 saturated heterocycles. The van der Waals surface area contributed by atoms with Gasteiger partial charge in [0.1, 0.15) is 29.3 Å². The van der Waals surface area contributed by atoms with Gasteiger partial charge in [-0.05, 0) is 24.3 Å². The molecule has 4 aromatic rings. The van der Waals surface area contributed by atoms with Gasteiger partial charge in [0.15, 0.2) is 5.78 Å². The lowest BCUT2D eigenvalue weighted by molar-refractivity contribution is 0.104. The average Bonchev–Trinajstić information content (AvgIpc) is 3.24. The second kappa shape index (κ2) is 8.37. The number of ether oxygens (including phenoxy) is 1. The van der Waals surface area contributed by atoms with Crippen LogP contribution in [0.3, 0.4) is 0 Å². The summed E-state index contributed by atoms with van der Waals surface area (Å²) in [5, 5.41) is 4.38. The average molecular weight is 434 g/mol. The van der Waals surface area contributed by atoms with Crippen molar-refractivity contribution in [3.05, 3.63) is 77.2 Å². The van der Waals surface area contributed by atoms with Crippen molar-refractivity contribution in [2.75, 3.05) is 31.1 Å². The number of rotatable bonds is 5. The van der Waals surface area contributed by atoms with Gasteiger partial charge in [-0.1, -0.05) is 29.8 Å². The topological polar surface area (TPSA) is 83.1 Å². The highest BCUT2D eigenvalue weighted by atomic mass is 35.5. The molecular formula is C23H20ClN5O2. The zero-order chi connectivity index (χ0) is 21.2. The quantitative estimate of drug-likeness (QED) is 0.462. The molecule has 0 spiro atoms. The molecule has 0 unspecified atom stereocenters. The first-order chi connectivity index (χ1) is 15.2. The molecule has 2 N–H and O–H groups in total. The number of nitrogens with one attached hydrogen (secondary N) is 2. The van der Waals surface area contributed by atoms with Gasteiger partial charge in [0.2, 0.25) is 0 Å². The summed E-state index contributed by atoms with van der Waals surface area (Å²) in [5.74, 6) is 1.84. The molecule has 0 radical (unpaired) electrons. The molecule has 5 rings (SSSR count). The van der Waals surface area contributed by atoms with Gasteiger partial charge >= 0.3 is 0 Å². The summed E-state index contributed by atoms with van der Waals surface area (Å²) in [4.78, 5) is 27.5. The minimum absolute atomic E-state index is 0.186.